The van der Waals surface area contributed by atoms with Crippen LogP contribution >= 0.6 is 0 Å². The highest BCUT2D eigenvalue weighted by molar-refractivity contribution is 5.71. The van der Waals surface area contributed by atoms with Crippen LogP contribution in [0, 0.1) is 11.6 Å². The molecule has 0 aliphatic carbocycles. The predicted molar refractivity (Wildman–Crippen MR) is 77.5 cm³/mol. The molecule has 1 aromatic heterocycles. The summed E-state index contributed by atoms with van der Waals surface area (Å²) in [5.74, 6) is -1.54. The van der Waals surface area contributed by atoms with Gasteiger partial charge in [-0.2, -0.15) is 0 Å². The molecule has 0 aliphatic heterocycles. The average Bonchev–Trinajstić information content (AvgIpc) is 2.84. The van der Waals surface area contributed by atoms with Gasteiger partial charge in [-0.3, -0.25) is 0 Å². The van der Waals surface area contributed by atoms with Crippen molar-refractivity contribution in [2.45, 2.75) is 6.54 Å². The van der Waals surface area contributed by atoms with Gasteiger partial charge < -0.3 is 10.3 Å². The van der Waals surface area contributed by atoms with E-state index in [0.29, 0.717) is 12.4 Å². The first kappa shape index (κ1) is 13.3. The molecular formula is C16H13F2N3. The van der Waals surface area contributed by atoms with Gasteiger partial charge in [0.05, 0.1) is 12.9 Å². The molecule has 1 heterocycles. The molecule has 3 nitrogen and oxygen atoms in total. The van der Waals surface area contributed by atoms with Gasteiger partial charge in [-0.1, -0.05) is 36.4 Å². The smallest absolute Gasteiger partial charge is 0.168 e. The second-order valence-corrected chi connectivity index (χ2v) is 4.69. The average molecular weight is 285 g/mol. The zero-order valence-electron chi connectivity index (χ0n) is 11.1. The summed E-state index contributed by atoms with van der Waals surface area (Å²) in [5, 5.41) is 0. The van der Waals surface area contributed by atoms with Gasteiger partial charge >= 0.3 is 0 Å². The van der Waals surface area contributed by atoms with E-state index < -0.39 is 11.6 Å². The number of aromatic nitrogens is 2. The van der Waals surface area contributed by atoms with Gasteiger partial charge in [0.1, 0.15) is 11.5 Å². The summed E-state index contributed by atoms with van der Waals surface area (Å²) in [6.07, 6.45) is 1.53. The highest BCUT2D eigenvalue weighted by atomic mass is 19.2. The maximum absolute atomic E-state index is 13.8. The quantitative estimate of drug-likeness (QED) is 0.801. The third-order valence-corrected chi connectivity index (χ3v) is 3.28. The van der Waals surface area contributed by atoms with Crippen LogP contribution in [-0.4, -0.2) is 9.55 Å². The molecule has 0 atom stereocenters. The van der Waals surface area contributed by atoms with E-state index in [-0.39, 0.29) is 11.3 Å². The molecule has 0 unspecified atom stereocenters. The van der Waals surface area contributed by atoms with Crippen LogP contribution in [0.2, 0.25) is 0 Å². The van der Waals surface area contributed by atoms with E-state index in [1.807, 2.05) is 30.3 Å². The van der Waals surface area contributed by atoms with Crippen LogP contribution in [0.15, 0.2) is 54.9 Å². The summed E-state index contributed by atoms with van der Waals surface area (Å²) in [4.78, 5) is 4.12. The topological polar surface area (TPSA) is 43.8 Å². The second-order valence-electron chi connectivity index (χ2n) is 4.69. The highest BCUT2D eigenvalue weighted by Gasteiger charge is 2.16. The lowest BCUT2D eigenvalue weighted by Gasteiger charge is -2.06. The molecule has 2 aromatic carbocycles. The fourth-order valence-corrected chi connectivity index (χ4v) is 2.19. The Bertz CT molecular complexity index is 766. The summed E-state index contributed by atoms with van der Waals surface area (Å²) in [6.45, 7) is 0.524. The number of rotatable bonds is 3. The molecule has 0 bridgehead atoms. The van der Waals surface area contributed by atoms with E-state index in [9.17, 15) is 8.78 Å². The lowest BCUT2D eigenvalue weighted by atomic mass is 10.1. The van der Waals surface area contributed by atoms with E-state index >= 15 is 0 Å². The zero-order valence-corrected chi connectivity index (χ0v) is 11.1. The number of nitrogens with two attached hydrogens (primary N) is 1. The first-order valence-electron chi connectivity index (χ1n) is 6.45. The molecule has 3 aromatic rings. The van der Waals surface area contributed by atoms with Crippen molar-refractivity contribution in [3.63, 3.8) is 0 Å². The van der Waals surface area contributed by atoms with Crippen molar-refractivity contribution >= 4 is 5.82 Å². The first-order valence-corrected chi connectivity index (χ1v) is 6.45. The molecule has 3 rings (SSSR count). The van der Waals surface area contributed by atoms with Gasteiger partial charge in [-0.15, -0.1) is 0 Å². The largest absolute Gasteiger partial charge is 0.383 e. The number of anilines is 1. The van der Waals surface area contributed by atoms with Crippen molar-refractivity contribution in [3.05, 3.63) is 72.1 Å². The van der Waals surface area contributed by atoms with Crippen LogP contribution in [0.5, 0.6) is 0 Å². The Hall–Kier alpha value is -2.69. The molecule has 0 saturated carbocycles. The molecule has 106 valence electrons. The lowest BCUT2D eigenvalue weighted by molar-refractivity contribution is 0.511. The molecule has 0 fully saturated rings. The lowest BCUT2D eigenvalue weighted by Crippen LogP contribution is -2.03. The van der Waals surface area contributed by atoms with Gasteiger partial charge in [0.25, 0.3) is 0 Å². The van der Waals surface area contributed by atoms with Crippen LogP contribution in [0.3, 0.4) is 0 Å². The Morgan fingerprint density at radius 1 is 1.00 bits per heavy atom. The molecular weight excluding hydrogens is 272 g/mol. The SMILES string of the molecule is Nc1c(-c2cccc(F)c2F)ncn1Cc1ccccc1. The van der Waals surface area contributed by atoms with Crippen molar-refractivity contribution in [2.24, 2.45) is 0 Å². The summed E-state index contributed by atoms with van der Waals surface area (Å²) < 4.78 is 28.8. The van der Waals surface area contributed by atoms with Gasteiger partial charge in [-0.25, -0.2) is 13.8 Å². The third kappa shape index (κ3) is 2.50. The zero-order chi connectivity index (χ0) is 14.8. The van der Waals surface area contributed by atoms with E-state index in [4.69, 9.17) is 5.73 Å². The third-order valence-electron chi connectivity index (χ3n) is 3.28. The number of halogens is 2. The van der Waals surface area contributed by atoms with Crippen LogP contribution in [0.1, 0.15) is 5.56 Å². The minimum absolute atomic E-state index is 0.0688. The number of hydrogen-bond acceptors (Lipinski definition) is 2. The minimum atomic E-state index is -0.936. The van der Waals surface area contributed by atoms with Crippen LogP contribution in [0.25, 0.3) is 11.3 Å². The van der Waals surface area contributed by atoms with E-state index in [1.54, 1.807) is 4.57 Å². The van der Waals surface area contributed by atoms with E-state index in [0.717, 1.165) is 11.6 Å². The molecule has 21 heavy (non-hydrogen) atoms. The molecule has 5 heteroatoms. The monoisotopic (exact) mass is 285 g/mol. The maximum atomic E-state index is 13.8. The summed E-state index contributed by atoms with van der Waals surface area (Å²) in [6, 6.07) is 13.7. The molecule has 0 radical (unpaired) electrons. The van der Waals surface area contributed by atoms with Crippen molar-refractivity contribution < 1.29 is 8.78 Å². The van der Waals surface area contributed by atoms with Gasteiger partial charge in [0.15, 0.2) is 11.6 Å². The molecule has 2 N–H and O–H groups in total. The summed E-state index contributed by atoms with van der Waals surface area (Å²) in [7, 11) is 0. The maximum Gasteiger partial charge on any atom is 0.168 e. The molecule has 0 aliphatic rings. The molecule has 0 saturated heterocycles. The normalized spacial score (nSPS) is 10.8. The van der Waals surface area contributed by atoms with Crippen LogP contribution in [0.4, 0.5) is 14.6 Å². The first-order chi connectivity index (χ1) is 10.2. The Labute approximate surface area is 120 Å². The second kappa shape index (κ2) is 5.36. The Balaban J connectivity index is 1.98. The number of benzene rings is 2. The highest BCUT2D eigenvalue weighted by Crippen LogP contribution is 2.28. The summed E-state index contributed by atoms with van der Waals surface area (Å²) >= 11 is 0. The van der Waals surface area contributed by atoms with Gasteiger partial charge in [0.2, 0.25) is 0 Å². The van der Waals surface area contributed by atoms with E-state index in [1.165, 1.54) is 18.5 Å². The van der Waals surface area contributed by atoms with Crippen molar-refractivity contribution in [1.82, 2.24) is 9.55 Å². The number of hydrogen-bond donors (Lipinski definition) is 1. The fraction of sp³-hybridized carbons (Fsp3) is 0.0625. The van der Waals surface area contributed by atoms with Gasteiger partial charge in [-0.05, 0) is 17.7 Å². The van der Waals surface area contributed by atoms with E-state index in [2.05, 4.69) is 4.98 Å². The molecule has 0 spiro atoms. The van der Waals surface area contributed by atoms with Crippen molar-refractivity contribution in [1.29, 1.82) is 0 Å². The molecule has 0 amide bonds. The van der Waals surface area contributed by atoms with Crippen molar-refractivity contribution in [2.75, 3.05) is 5.73 Å². The van der Waals surface area contributed by atoms with Crippen LogP contribution < -0.4 is 5.73 Å². The predicted octanol–water partition coefficient (Wildman–Crippen LogP) is 3.46. The number of nitrogen functional groups attached to an aromatic ring is 1. The summed E-state index contributed by atoms with van der Waals surface area (Å²) in [5.41, 5.74) is 7.38. The van der Waals surface area contributed by atoms with Gasteiger partial charge in [0, 0.05) is 5.56 Å². The standard InChI is InChI=1S/C16H13F2N3/c17-13-8-4-7-12(14(13)18)15-16(19)21(10-20-15)9-11-5-2-1-3-6-11/h1-8,10H,9,19H2. The Kier molecular flexibility index (Phi) is 3.39. The minimum Gasteiger partial charge on any atom is -0.383 e. The fourth-order valence-electron chi connectivity index (χ4n) is 2.19. The van der Waals surface area contributed by atoms with Crippen LogP contribution in [-0.2, 0) is 6.54 Å². The van der Waals surface area contributed by atoms with Crippen molar-refractivity contribution in [3.8, 4) is 11.3 Å². The number of nitrogens with zero attached hydrogens (tertiary/aromatic N) is 2. The number of imidazole rings is 1. The Morgan fingerprint density at radius 2 is 1.76 bits per heavy atom. The Morgan fingerprint density at radius 3 is 2.52 bits per heavy atom.